The molecule has 1 aliphatic heterocycles. The predicted molar refractivity (Wildman–Crippen MR) is 75.3 cm³/mol. The Labute approximate surface area is 110 Å². The maximum Gasteiger partial charge on any atom is 0.0957 e. The van der Waals surface area contributed by atoms with Crippen molar-refractivity contribution in [2.24, 2.45) is 0 Å². The fraction of sp³-hybridized carbons (Fsp3) is 0.923. The summed E-state index contributed by atoms with van der Waals surface area (Å²) in [6.45, 7) is 9.91. The van der Waals surface area contributed by atoms with Crippen LogP contribution in [0.1, 0.15) is 33.6 Å². The van der Waals surface area contributed by atoms with Crippen molar-refractivity contribution in [2.75, 3.05) is 31.1 Å². The molecule has 0 aromatic heterocycles. The third kappa shape index (κ3) is 6.92. The predicted octanol–water partition coefficient (Wildman–Crippen LogP) is 2.10. The lowest BCUT2D eigenvalue weighted by molar-refractivity contribution is 0.286. The van der Waals surface area contributed by atoms with E-state index in [1.807, 2.05) is 11.8 Å². The molecule has 1 aliphatic rings. The maximum absolute atomic E-state index is 9.10. The molecule has 1 saturated heterocycles. The van der Waals surface area contributed by atoms with E-state index in [1.54, 1.807) is 0 Å². The van der Waals surface area contributed by atoms with Crippen molar-refractivity contribution in [3.05, 3.63) is 0 Å². The monoisotopic (exact) mass is 255 g/mol. The molecule has 0 amide bonds. The molecule has 0 bridgehead atoms. The molecule has 4 heteroatoms. The van der Waals surface area contributed by atoms with Gasteiger partial charge < -0.3 is 4.90 Å². The molecule has 1 unspecified atom stereocenters. The van der Waals surface area contributed by atoms with Crippen LogP contribution in [0.25, 0.3) is 0 Å². The molecular formula is C13H25N3S. The van der Waals surface area contributed by atoms with Crippen LogP contribution in [0.2, 0.25) is 0 Å². The zero-order valence-corrected chi connectivity index (χ0v) is 12.1. The lowest BCUT2D eigenvalue weighted by Gasteiger charge is -2.27. The molecule has 1 heterocycles. The summed E-state index contributed by atoms with van der Waals surface area (Å²) >= 11 is 2.04. The van der Waals surface area contributed by atoms with E-state index >= 15 is 0 Å². The second kappa shape index (κ2) is 7.25. The van der Waals surface area contributed by atoms with Crippen LogP contribution in [0.15, 0.2) is 0 Å². The van der Waals surface area contributed by atoms with E-state index in [1.165, 1.54) is 24.6 Å². The number of nitrogens with zero attached hydrogens (tertiary/aromatic N) is 2. The lowest BCUT2D eigenvalue weighted by Crippen LogP contribution is -2.43. The molecule has 0 radical (unpaired) electrons. The fourth-order valence-electron chi connectivity index (χ4n) is 2.04. The quantitative estimate of drug-likeness (QED) is 0.816. The standard InChI is InChI=1S/C13H25N3S/c1-13(2,3)15-12(11-14)5-4-6-16-7-9-17-10-8-16/h12,15H,4-10H2,1-3H3. The first-order valence-electron chi connectivity index (χ1n) is 6.49. The van der Waals surface area contributed by atoms with Crippen LogP contribution in [0, 0.1) is 11.3 Å². The summed E-state index contributed by atoms with van der Waals surface area (Å²) in [7, 11) is 0. The molecule has 3 nitrogen and oxygen atoms in total. The van der Waals surface area contributed by atoms with Crippen LogP contribution >= 0.6 is 11.8 Å². The summed E-state index contributed by atoms with van der Waals surface area (Å²) in [5, 5.41) is 12.5. The molecule has 0 spiro atoms. The van der Waals surface area contributed by atoms with Gasteiger partial charge in [-0.2, -0.15) is 17.0 Å². The van der Waals surface area contributed by atoms with Crippen molar-refractivity contribution in [2.45, 2.75) is 45.2 Å². The number of thioether (sulfide) groups is 1. The number of nitrogens with one attached hydrogen (secondary N) is 1. The van der Waals surface area contributed by atoms with Crippen LogP contribution < -0.4 is 5.32 Å². The number of rotatable bonds is 5. The van der Waals surface area contributed by atoms with Crippen LogP contribution in [-0.2, 0) is 0 Å². The Hall–Kier alpha value is -0.240. The highest BCUT2D eigenvalue weighted by molar-refractivity contribution is 7.99. The van der Waals surface area contributed by atoms with E-state index in [9.17, 15) is 0 Å². The maximum atomic E-state index is 9.10. The molecule has 1 fully saturated rings. The lowest BCUT2D eigenvalue weighted by atomic mass is 10.0. The minimum absolute atomic E-state index is 0.00540. The highest BCUT2D eigenvalue weighted by Gasteiger charge is 2.17. The molecule has 1 atom stereocenters. The van der Waals surface area contributed by atoms with Crippen LogP contribution in [-0.4, -0.2) is 47.6 Å². The minimum atomic E-state index is -0.00540. The first kappa shape index (κ1) is 14.8. The zero-order valence-electron chi connectivity index (χ0n) is 11.3. The van der Waals surface area contributed by atoms with E-state index in [0.717, 1.165) is 19.4 Å². The smallest absolute Gasteiger partial charge is 0.0957 e. The Balaban J connectivity index is 2.17. The van der Waals surface area contributed by atoms with Gasteiger partial charge in [-0.25, -0.2) is 0 Å². The van der Waals surface area contributed by atoms with Gasteiger partial charge in [-0.1, -0.05) is 0 Å². The van der Waals surface area contributed by atoms with Gasteiger partial charge in [0.15, 0.2) is 0 Å². The summed E-state index contributed by atoms with van der Waals surface area (Å²) in [5.74, 6) is 2.53. The van der Waals surface area contributed by atoms with Crippen molar-refractivity contribution >= 4 is 11.8 Å². The van der Waals surface area contributed by atoms with Crippen molar-refractivity contribution in [3.63, 3.8) is 0 Å². The SMILES string of the molecule is CC(C)(C)NC(C#N)CCCN1CCSCC1. The summed E-state index contributed by atoms with van der Waals surface area (Å²) in [6, 6.07) is 2.36. The Morgan fingerprint density at radius 1 is 1.35 bits per heavy atom. The van der Waals surface area contributed by atoms with Gasteiger partial charge in [0, 0.05) is 30.1 Å². The minimum Gasteiger partial charge on any atom is -0.302 e. The topological polar surface area (TPSA) is 39.1 Å². The molecule has 0 aromatic rings. The summed E-state index contributed by atoms with van der Waals surface area (Å²) in [5.41, 5.74) is 0.0299. The molecule has 0 aromatic carbocycles. The van der Waals surface area contributed by atoms with E-state index in [2.05, 4.69) is 37.1 Å². The van der Waals surface area contributed by atoms with Gasteiger partial charge in [-0.3, -0.25) is 5.32 Å². The normalized spacial score (nSPS) is 19.9. The molecular weight excluding hydrogens is 230 g/mol. The van der Waals surface area contributed by atoms with Gasteiger partial charge in [0.05, 0.1) is 12.1 Å². The molecule has 0 saturated carbocycles. The van der Waals surface area contributed by atoms with Crippen molar-refractivity contribution in [1.29, 1.82) is 5.26 Å². The van der Waals surface area contributed by atoms with Gasteiger partial charge in [-0.15, -0.1) is 0 Å². The highest BCUT2D eigenvalue weighted by atomic mass is 32.2. The number of hydrogen-bond donors (Lipinski definition) is 1. The Morgan fingerprint density at radius 2 is 2.00 bits per heavy atom. The Bertz CT molecular complexity index is 248. The molecule has 98 valence electrons. The summed E-state index contributed by atoms with van der Waals surface area (Å²) < 4.78 is 0. The Morgan fingerprint density at radius 3 is 2.53 bits per heavy atom. The Kier molecular flexibility index (Phi) is 6.32. The first-order chi connectivity index (χ1) is 8.01. The second-order valence-electron chi connectivity index (χ2n) is 5.67. The fourth-order valence-corrected chi connectivity index (χ4v) is 3.01. The average Bonchev–Trinajstić information content (AvgIpc) is 2.27. The van der Waals surface area contributed by atoms with Crippen molar-refractivity contribution in [3.8, 4) is 6.07 Å². The van der Waals surface area contributed by atoms with E-state index in [0.29, 0.717) is 0 Å². The van der Waals surface area contributed by atoms with Crippen LogP contribution in [0.4, 0.5) is 0 Å². The second-order valence-corrected chi connectivity index (χ2v) is 6.90. The van der Waals surface area contributed by atoms with Crippen molar-refractivity contribution in [1.82, 2.24) is 10.2 Å². The summed E-state index contributed by atoms with van der Waals surface area (Å²) in [6.07, 6.45) is 2.07. The molecule has 0 aliphatic carbocycles. The highest BCUT2D eigenvalue weighted by Crippen LogP contribution is 2.11. The third-order valence-corrected chi connectivity index (χ3v) is 3.78. The molecule has 1 N–H and O–H groups in total. The van der Waals surface area contributed by atoms with Gasteiger partial charge in [-0.05, 0) is 40.2 Å². The van der Waals surface area contributed by atoms with Gasteiger partial charge >= 0.3 is 0 Å². The van der Waals surface area contributed by atoms with Gasteiger partial charge in [0.1, 0.15) is 0 Å². The number of hydrogen-bond acceptors (Lipinski definition) is 4. The van der Waals surface area contributed by atoms with Crippen LogP contribution in [0.3, 0.4) is 0 Å². The van der Waals surface area contributed by atoms with Crippen LogP contribution in [0.5, 0.6) is 0 Å². The zero-order chi connectivity index (χ0) is 12.7. The van der Waals surface area contributed by atoms with Crippen molar-refractivity contribution < 1.29 is 0 Å². The third-order valence-electron chi connectivity index (χ3n) is 2.83. The summed E-state index contributed by atoms with van der Waals surface area (Å²) in [4.78, 5) is 2.52. The first-order valence-corrected chi connectivity index (χ1v) is 7.64. The number of nitriles is 1. The van der Waals surface area contributed by atoms with E-state index in [4.69, 9.17) is 5.26 Å². The van der Waals surface area contributed by atoms with Gasteiger partial charge in [0.2, 0.25) is 0 Å². The van der Waals surface area contributed by atoms with E-state index < -0.39 is 0 Å². The largest absolute Gasteiger partial charge is 0.302 e. The molecule has 17 heavy (non-hydrogen) atoms. The molecule has 1 rings (SSSR count). The van der Waals surface area contributed by atoms with E-state index in [-0.39, 0.29) is 11.6 Å². The van der Waals surface area contributed by atoms with Gasteiger partial charge in [0.25, 0.3) is 0 Å². The average molecular weight is 255 g/mol.